The fourth-order valence-corrected chi connectivity index (χ4v) is 2.54. The number of aromatic nitrogens is 2. The van der Waals surface area contributed by atoms with Crippen molar-refractivity contribution in [3.8, 4) is 0 Å². The highest BCUT2D eigenvalue weighted by molar-refractivity contribution is 6.04. The predicted octanol–water partition coefficient (Wildman–Crippen LogP) is 3.54. The van der Waals surface area contributed by atoms with Crippen molar-refractivity contribution >= 4 is 17.3 Å². The van der Waals surface area contributed by atoms with Crippen molar-refractivity contribution in [1.82, 2.24) is 9.78 Å². The number of amides is 1. The molecule has 0 unspecified atom stereocenters. The lowest BCUT2D eigenvalue weighted by molar-refractivity contribution is -0.385. The summed E-state index contributed by atoms with van der Waals surface area (Å²) in [5.74, 6) is -0.718. The number of aryl methyl sites for hydroxylation is 1. The molecule has 0 radical (unpaired) electrons. The number of rotatable bonds is 5. The maximum atomic E-state index is 13.2. The van der Waals surface area contributed by atoms with Crippen LogP contribution in [-0.2, 0) is 6.54 Å². The van der Waals surface area contributed by atoms with Gasteiger partial charge in [-0.2, -0.15) is 5.10 Å². The number of halogens is 1. The average Bonchev–Trinajstić information content (AvgIpc) is 3.01. The zero-order chi connectivity index (χ0) is 18.7. The lowest BCUT2D eigenvalue weighted by atomic mass is 10.1. The van der Waals surface area contributed by atoms with E-state index in [9.17, 15) is 19.3 Å². The number of nitro groups is 1. The van der Waals surface area contributed by atoms with E-state index in [-0.39, 0.29) is 11.5 Å². The summed E-state index contributed by atoms with van der Waals surface area (Å²) < 4.78 is 14.8. The van der Waals surface area contributed by atoms with Crippen molar-refractivity contribution in [2.24, 2.45) is 0 Å². The Morgan fingerprint density at radius 1 is 1.31 bits per heavy atom. The zero-order valence-corrected chi connectivity index (χ0v) is 13.8. The highest BCUT2D eigenvalue weighted by Gasteiger charge is 2.14. The molecule has 1 aromatic heterocycles. The summed E-state index contributed by atoms with van der Waals surface area (Å²) in [5, 5.41) is 17.7. The Hall–Kier alpha value is -3.55. The summed E-state index contributed by atoms with van der Waals surface area (Å²) in [6.45, 7) is 1.94. The van der Waals surface area contributed by atoms with Crippen molar-refractivity contribution in [2.45, 2.75) is 13.5 Å². The third-order valence-electron chi connectivity index (χ3n) is 3.78. The Morgan fingerprint density at radius 3 is 2.81 bits per heavy atom. The fourth-order valence-electron chi connectivity index (χ4n) is 2.54. The van der Waals surface area contributed by atoms with Gasteiger partial charge in [0.25, 0.3) is 11.6 Å². The smallest absolute Gasteiger partial charge is 0.272 e. The number of hydrogen-bond donors (Lipinski definition) is 1. The third kappa shape index (κ3) is 3.92. The van der Waals surface area contributed by atoms with Crippen LogP contribution in [-0.4, -0.2) is 20.6 Å². The van der Waals surface area contributed by atoms with Crippen molar-refractivity contribution in [2.75, 3.05) is 5.32 Å². The Bertz CT molecular complexity index is 984. The van der Waals surface area contributed by atoms with Crippen LogP contribution in [0.15, 0.2) is 54.9 Å². The molecule has 26 heavy (non-hydrogen) atoms. The van der Waals surface area contributed by atoms with Gasteiger partial charge in [-0.1, -0.05) is 12.1 Å². The Kier molecular flexibility index (Phi) is 4.74. The number of nitro benzene ring substituents is 1. The third-order valence-corrected chi connectivity index (χ3v) is 3.78. The first-order valence-corrected chi connectivity index (χ1v) is 7.75. The summed E-state index contributed by atoms with van der Waals surface area (Å²) in [4.78, 5) is 22.6. The first-order valence-electron chi connectivity index (χ1n) is 7.75. The largest absolute Gasteiger partial charge is 0.319 e. The number of nitrogens with one attached hydrogen (secondary N) is 1. The van der Waals surface area contributed by atoms with Gasteiger partial charge < -0.3 is 5.32 Å². The molecule has 0 bridgehead atoms. The minimum atomic E-state index is -0.493. The molecule has 0 saturated heterocycles. The highest BCUT2D eigenvalue weighted by atomic mass is 19.1. The molecule has 0 aliphatic carbocycles. The second kappa shape index (κ2) is 7.14. The predicted molar refractivity (Wildman–Crippen MR) is 93.5 cm³/mol. The van der Waals surface area contributed by atoms with E-state index in [1.165, 1.54) is 36.5 Å². The first kappa shape index (κ1) is 17.3. The van der Waals surface area contributed by atoms with Crippen LogP contribution < -0.4 is 5.32 Å². The van der Waals surface area contributed by atoms with Gasteiger partial charge >= 0.3 is 0 Å². The molecule has 3 rings (SSSR count). The Balaban J connectivity index is 1.69. The second-order valence-corrected chi connectivity index (χ2v) is 5.77. The van der Waals surface area contributed by atoms with Gasteiger partial charge in [-0.05, 0) is 36.8 Å². The van der Waals surface area contributed by atoms with Gasteiger partial charge in [-0.3, -0.25) is 19.6 Å². The van der Waals surface area contributed by atoms with Crippen LogP contribution in [0.5, 0.6) is 0 Å². The molecule has 3 aromatic rings. The van der Waals surface area contributed by atoms with Gasteiger partial charge in [0.1, 0.15) is 5.82 Å². The van der Waals surface area contributed by atoms with E-state index < -0.39 is 10.8 Å². The average molecular weight is 354 g/mol. The van der Waals surface area contributed by atoms with Crippen molar-refractivity contribution < 1.29 is 14.1 Å². The normalized spacial score (nSPS) is 10.5. The van der Waals surface area contributed by atoms with Crippen LogP contribution in [0, 0.1) is 22.9 Å². The molecule has 1 amide bonds. The Morgan fingerprint density at radius 2 is 2.12 bits per heavy atom. The van der Waals surface area contributed by atoms with Gasteiger partial charge in [-0.25, -0.2) is 4.39 Å². The quantitative estimate of drug-likeness (QED) is 0.560. The molecule has 0 atom stereocenters. The summed E-state index contributed by atoms with van der Waals surface area (Å²) in [7, 11) is 0. The van der Waals surface area contributed by atoms with Gasteiger partial charge in [-0.15, -0.1) is 0 Å². The van der Waals surface area contributed by atoms with Crippen LogP contribution in [0.25, 0.3) is 0 Å². The van der Waals surface area contributed by atoms with E-state index in [2.05, 4.69) is 10.4 Å². The van der Waals surface area contributed by atoms with Gasteiger partial charge in [0.05, 0.1) is 23.4 Å². The van der Waals surface area contributed by atoms with Crippen molar-refractivity contribution in [3.05, 3.63) is 87.5 Å². The molecular formula is C18H15FN4O3. The summed E-state index contributed by atoms with van der Waals surface area (Å²) in [6, 6.07) is 10.3. The van der Waals surface area contributed by atoms with E-state index in [1.54, 1.807) is 29.9 Å². The molecule has 0 saturated carbocycles. The van der Waals surface area contributed by atoms with E-state index in [0.29, 0.717) is 23.4 Å². The highest BCUT2D eigenvalue weighted by Crippen LogP contribution is 2.19. The van der Waals surface area contributed by atoms with E-state index in [0.717, 1.165) is 5.56 Å². The van der Waals surface area contributed by atoms with Crippen molar-refractivity contribution in [1.29, 1.82) is 0 Å². The Labute approximate surface area is 148 Å². The van der Waals surface area contributed by atoms with E-state index in [1.807, 2.05) is 0 Å². The topological polar surface area (TPSA) is 90.1 Å². The standard InChI is InChI=1S/C18H15FN4O3/c1-12-7-14(5-6-17(12)23(25)26)18(24)21-16-9-20-22(11-16)10-13-3-2-4-15(19)8-13/h2-9,11H,10H2,1H3,(H,21,24). The lowest BCUT2D eigenvalue weighted by Gasteiger charge is -2.04. The second-order valence-electron chi connectivity index (χ2n) is 5.77. The molecule has 1 N–H and O–H groups in total. The maximum absolute atomic E-state index is 13.2. The van der Waals surface area contributed by atoms with Gasteiger partial charge in [0.15, 0.2) is 0 Å². The van der Waals surface area contributed by atoms with Crippen LogP contribution in [0.2, 0.25) is 0 Å². The molecule has 132 valence electrons. The van der Waals surface area contributed by atoms with Gasteiger partial charge in [0, 0.05) is 23.4 Å². The van der Waals surface area contributed by atoms with Crippen LogP contribution >= 0.6 is 0 Å². The molecule has 2 aromatic carbocycles. The molecule has 0 spiro atoms. The summed E-state index contributed by atoms with van der Waals surface area (Å²) in [6.07, 6.45) is 3.11. The summed E-state index contributed by atoms with van der Waals surface area (Å²) in [5.41, 5.74) is 1.90. The number of hydrogen-bond acceptors (Lipinski definition) is 4. The number of nitrogens with zero attached hydrogens (tertiary/aromatic N) is 3. The number of benzene rings is 2. The first-order chi connectivity index (χ1) is 12.4. The zero-order valence-electron chi connectivity index (χ0n) is 13.8. The van der Waals surface area contributed by atoms with E-state index >= 15 is 0 Å². The maximum Gasteiger partial charge on any atom is 0.272 e. The van der Waals surface area contributed by atoms with E-state index in [4.69, 9.17) is 0 Å². The number of anilines is 1. The van der Waals surface area contributed by atoms with Crippen LogP contribution in [0.4, 0.5) is 15.8 Å². The molecule has 0 aliphatic heterocycles. The molecular weight excluding hydrogens is 339 g/mol. The van der Waals surface area contributed by atoms with Crippen LogP contribution in [0.1, 0.15) is 21.5 Å². The lowest BCUT2D eigenvalue weighted by Crippen LogP contribution is -2.12. The molecule has 7 nitrogen and oxygen atoms in total. The molecule has 8 heteroatoms. The number of carbonyl (C=O) groups is 1. The monoisotopic (exact) mass is 354 g/mol. The fraction of sp³-hybridized carbons (Fsp3) is 0.111. The van der Waals surface area contributed by atoms with Crippen molar-refractivity contribution in [3.63, 3.8) is 0 Å². The summed E-state index contributed by atoms with van der Waals surface area (Å²) >= 11 is 0. The molecule has 0 fully saturated rings. The van der Waals surface area contributed by atoms with Crippen LogP contribution in [0.3, 0.4) is 0 Å². The molecule has 1 heterocycles. The number of carbonyl (C=O) groups excluding carboxylic acids is 1. The minimum Gasteiger partial charge on any atom is -0.319 e. The van der Waals surface area contributed by atoms with Gasteiger partial charge in [0.2, 0.25) is 0 Å². The SMILES string of the molecule is Cc1cc(C(=O)Nc2cnn(Cc3cccc(F)c3)c2)ccc1[N+](=O)[O-]. The molecule has 0 aliphatic rings. The minimum absolute atomic E-state index is 0.0375.